The van der Waals surface area contributed by atoms with Gasteiger partial charge in [-0.05, 0) is 24.1 Å². The maximum absolute atomic E-state index is 10.5. The minimum atomic E-state index is -2.22. The van der Waals surface area contributed by atoms with E-state index in [1.54, 1.807) is 6.92 Å². The molecule has 13 heavy (non-hydrogen) atoms. The van der Waals surface area contributed by atoms with E-state index in [1.165, 1.54) is 19.4 Å². The topological polar surface area (TPSA) is 62.2 Å². The molecule has 0 radical (unpaired) electrons. The molecule has 0 aliphatic rings. The standard InChI is InChI=1S/C7H9NO3S.Li/c1-5-3-6(12(9)10)4-8-7(5)11-2;/h3-4H,1-2H3,(H,9,10);/q;+1/p-1. The van der Waals surface area contributed by atoms with E-state index in [9.17, 15) is 8.76 Å². The van der Waals surface area contributed by atoms with Crippen molar-refractivity contribution in [3.05, 3.63) is 17.8 Å². The molecule has 0 aliphatic carbocycles. The Balaban J connectivity index is 0.00000144. The SMILES string of the molecule is COc1ncc(S(=O)[O-])cc1C.[Li+]. The van der Waals surface area contributed by atoms with Crippen molar-refractivity contribution < 1.29 is 32.4 Å². The summed E-state index contributed by atoms with van der Waals surface area (Å²) >= 11 is -2.22. The Morgan fingerprint density at radius 2 is 2.23 bits per heavy atom. The average Bonchev–Trinajstić information content (AvgIpc) is 2.04. The molecule has 0 bridgehead atoms. The molecule has 0 fully saturated rings. The van der Waals surface area contributed by atoms with Crippen molar-refractivity contribution in [2.45, 2.75) is 11.8 Å². The van der Waals surface area contributed by atoms with E-state index in [4.69, 9.17) is 4.74 Å². The molecular formula is C7H8LiNO3S. The molecule has 0 N–H and O–H groups in total. The van der Waals surface area contributed by atoms with Gasteiger partial charge in [-0.3, -0.25) is 4.21 Å². The zero-order chi connectivity index (χ0) is 9.14. The third kappa shape index (κ3) is 3.12. The van der Waals surface area contributed by atoms with Crippen LogP contribution in [0.25, 0.3) is 0 Å². The van der Waals surface area contributed by atoms with Gasteiger partial charge in [0.1, 0.15) is 0 Å². The van der Waals surface area contributed by atoms with Gasteiger partial charge in [-0.25, -0.2) is 4.98 Å². The van der Waals surface area contributed by atoms with Crippen molar-refractivity contribution in [1.82, 2.24) is 4.98 Å². The van der Waals surface area contributed by atoms with Crippen molar-refractivity contribution in [2.75, 3.05) is 7.11 Å². The van der Waals surface area contributed by atoms with Crippen molar-refractivity contribution >= 4 is 11.1 Å². The zero-order valence-corrected chi connectivity index (χ0v) is 8.55. The molecular weight excluding hydrogens is 185 g/mol. The summed E-state index contributed by atoms with van der Waals surface area (Å²) in [7, 11) is 1.49. The number of hydrogen-bond donors (Lipinski definition) is 0. The number of aromatic nitrogens is 1. The van der Waals surface area contributed by atoms with Crippen molar-refractivity contribution in [3.63, 3.8) is 0 Å². The van der Waals surface area contributed by atoms with Crippen LogP contribution in [-0.4, -0.2) is 20.9 Å². The third-order valence-electron chi connectivity index (χ3n) is 1.39. The molecule has 1 heterocycles. The number of pyridine rings is 1. The number of ether oxygens (including phenoxy) is 1. The van der Waals surface area contributed by atoms with E-state index in [0.29, 0.717) is 11.4 Å². The Kier molecular flexibility index (Phi) is 5.26. The minimum absolute atomic E-state index is 0. The van der Waals surface area contributed by atoms with Gasteiger partial charge in [-0.2, -0.15) is 0 Å². The van der Waals surface area contributed by atoms with Crippen LogP contribution in [-0.2, 0) is 11.1 Å². The average molecular weight is 193 g/mol. The van der Waals surface area contributed by atoms with Crippen molar-refractivity contribution in [2.24, 2.45) is 0 Å². The third-order valence-corrected chi connectivity index (χ3v) is 2.00. The van der Waals surface area contributed by atoms with Gasteiger partial charge in [0, 0.05) is 16.7 Å². The fourth-order valence-corrected chi connectivity index (χ4v) is 1.25. The molecule has 1 aromatic heterocycles. The van der Waals surface area contributed by atoms with Crippen molar-refractivity contribution in [1.29, 1.82) is 0 Å². The summed E-state index contributed by atoms with van der Waals surface area (Å²) in [4.78, 5) is 3.98. The largest absolute Gasteiger partial charge is 1.00 e. The molecule has 1 unspecified atom stereocenters. The maximum Gasteiger partial charge on any atom is 1.00 e. The van der Waals surface area contributed by atoms with Gasteiger partial charge in [-0.1, -0.05) is 0 Å². The number of nitrogens with zero attached hydrogens (tertiary/aromatic N) is 1. The number of methoxy groups -OCH3 is 1. The normalized spacial score (nSPS) is 11.6. The second-order valence-electron chi connectivity index (χ2n) is 2.23. The summed E-state index contributed by atoms with van der Waals surface area (Å²) in [6.07, 6.45) is 1.26. The van der Waals surface area contributed by atoms with E-state index in [-0.39, 0.29) is 23.8 Å². The molecule has 4 nitrogen and oxygen atoms in total. The van der Waals surface area contributed by atoms with Crippen LogP contribution in [0.15, 0.2) is 17.2 Å². The van der Waals surface area contributed by atoms with Crippen LogP contribution < -0.4 is 23.6 Å². The first-order chi connectivity index (χ1) is 5.65. The Labute approximate surface area is 91.2 Å². The first-order valence-electron chi connectivity index (χ1n) is 3.25. The van der Waals surface area contributed by atoms with E-state index in [0.717, 1.165) is 0 Å². The Bertz CT molecular complexity index is 319. The van der Waals surface area contributed by atoms with Crippen LogP contribution in [0.2, 0.25) is 0 Å². The van der Waals surface area contributed by atoms with Gasteiger partial charge in [0.15, 0.2) is 0 Å². The predicted molar refractivity (Wildman–Crippen MR) is 42.7 cm³/mol. The van der Waals surface area contributed by atoms with Crippen LogP contribution in [0.4, 0.5) is 0 Å². The molecule has 1 rings (SSSR count). The number of hydrogen-bond acceptors (Lipinski definition) is 4. The van der Waals surface area contributed by atoms with E-state index < -0.39 is 11.1 Å². The maximum atomic E-state index is 10.5. The molecule has 0 aliphatic heterocycles. The van der Waals surface area contributed by atoms with E-state index >= 15 is 0 Å². The Morgan fingerprint density at radius 1 is 1.62 bits per heavy atom. The second kappa shape index (κ2) is 5.40. The molecule has 1 atom stereocenters. The zero-order valence-electron chi connectivity index (χ0n) is 7.73. The fraction of sp³-hybridized carbons (Fsp3) is 0.286. The molecule has 0 aromatic carbocycles. The molecule has 0 amide bonds. The van der Waals surface area contributed by atoms with Gasteiger partial charge in [0.2, 0.25) is 5.88 Å². The molecule has 6 heteroatoms. The Morgan fingerprint density at radius 3 is 2.62 bits per heavy atom. The number of aryl methyl sites for hydroxylation is 1. The predicted octanol–water partition coefficient (Wildman–Crippen LogP) is -2.36. The summed E-state index contributed by atoms with van der Waals surface area (Å²) in [6, 6.07) is 1.51. The van der Waals surface area contributed by atoms with Crippen molar-refractivity contribution in [3.8, 4) is 5.88 Å². The van der Waals surface area contributed by atoms with Gasteiger partial charge < -0.3 is 9.29 Å². The van der Waals surface area contributed by atoms with Crippen LogP contribution in [0, 0.1) is 6.92 Å². The first kappa shape index (κ1) is 12.7. The molecule has 1 aromatic rings. The molecule has 66 valence electrons. The smallest absolute Gasteiger partial charge is 0.768 e. The first-order valence-corrected chi connectivity index (χ1v) is 4.32. The van der Waals surface area contributed by atoms with Gasteiger partial charge in [-0.15, -0.1) is 0 Å². The van der Waals surface area contributed by atoms with Crippen LogP contribution >= 0.6 is 0 Å². The van der Waals surface area contributed by atoms with Gasteiger partial charge >= 0.3 is 18.9 Å². The van der Waals surface area contributed by atoms with E-state index in [2.05, 4.69) is 4.98 Å². The monoisotopic (exact) mass is 193 g/mol. The van der Waals surface area contributed by atoms with Crippen LogP contribution in [0.5, 0.6) is 5.88 Å². The summed E-state index contributed by atoms with van der Waals surface area (Å²) in [5, 5.41) is 0. The molecule has 0 spiro atoms. The fourth-order valence-electron chi connectivity index (χ4n) is 0.841. The quantitative estimate of drug-likeness (QED) is 0.389. The van der Waals surface area contributed by atoms with Crippen LogP contribution in [0.1, 0.15) is 5.56 Å². The summed E-state index contributed by atoms with van der Waals surface area (Å²) in [5.74, 6) is 0.448. The molecule has 0 saturated heterocycles. The second-order valence-corrected chi connectivity index (χ2v) is 3.17. The summed E-state index contributed by atoms with van der Waals surface area (Å²) in [6.45, 7) is 1.74. The Hall–Kier alpha value is -0.343. The minimum Gasteiger partial charge on any atom is -0.768 e. The van der Waals surface area contributed by atoms with Crippen LogP contribution in [0.3, 0.4) is 0 Å². The number of rotatable bonds is 2. The summed E-state index contributed by atoms with van der Waals surface area (Å²) in [5.41, 5.74) is 0.708. The van der Waals surface area contributed by atoms with Gasteiger partial charge in [0.05, 0.1) is 7.11 Å². The molecule has 0 saturated carbocycles. The summed E-state index contributed by atoms with van der Waals surface area (Å²) < 4.78 is 25.8. The van der Waals surface area contributed by atoms with E-state index in [1.807, 2.05) is 0 Å². The van der Waals surface area contributed by atoms with Gasteiger partial charge in [0.25, 0.3) is 0 Å².